The van der Waals surface area contributed by atoms with E-state index in [1.807, 2.05) is 26.2 Å². The van der Waals surface area contributed by atoms with Gasteiger partial charge in [0, 0.05) is 88.4 Å². The van der Waals surface area contributed by atoms with Gasteiger partial charge in [-0.2, -0.15) is 13.2 Å². The van der Waals surface area contributed by atoms with Crippen LogP contribution in [0.25, 0.3) is 10.9 Å². The lowest BCUT2D eigenvalue weighted by Crippen LogP contribution is -2.59. The Morgan fingerprint density at radius 1 is 0.913 bits per heavy atom. The van der Waals surface area contributed by atoms with Crippen molar-refractivity contribution in [3.63, 3.8) is 0 Å². The minimum absolute atomic E-state index is 0.0297. The number of amides is 5. The lowest BCUT2D eigenvalue weighted by Gasteiger charge is -2.44. The molecule has 69 heavy (non-hydrogen) atoms. The van der Waals surface area contributed by atoms with Gasteiger partial charge in [-0.05, 0) is 76.4 Å². The molecule has 378 valence electrons. The summed E-state index contributed by atoms with van der Waals surface area (Å²) in [5.41, 5.74) is 0.479. The van der Waals surface area contributed by atoms with Crippen LogP contribution in [0.4, 0.5) is 19.0 Å². The van der Waals surface area contributed by atoms with Crippen LogP contribution in [0.15, 0.2) is 49.1 Å². The zero-order valence-corrected chi connectivity index (χ0v) is 39.8. The molecule has 0 bridgehead atoms. The molecule has 1 aromatic carbocycles. The zero-order valence-electron chi connectivity index (χ0n) is 39.8. The van der Waals surface area contributed by atoms with E-state index < -0.39 is 23.8 Å². The summed E-state index contributed by atoms with van der Waals surface area (Å²) in [4.78, 5) is 82.3. The molecule has 6 atom stereocenters. The average molecular weight is 970 g/mol. The first-order valence-corrected chi connectivity index (χ1v) is 23.6. The van der Waals surface area contributed by atoms with Crippen LogP contribution in [-0.4, -0.2) is 176 Å². The van der Waals surface area contributed by atoms with Crippen molar-refractivity contribution in [1.29, 1.82) is 0 Å². The number of nitrogens with zero attached hydrogens (tertiary/aromatic N) is 6. The number of fused-ring (bicyclic) bond motifs is 1. The number of ether oxygens (including phenoxy) is 3. The number of hydrogen-bond donors (Lipinski definition) is 5. The van der Waals surface area contributed by atoms with Crippen LogP contribution in [0, 0.1) is 5.92 Å². The van der Waals surface area contributed by atoms with E-state index in [0.29, 0.717) is 57.4 Å². The second-order valence-corrected chi connectivity index (χ2v) is 18.0. The van der Waals surface area contributed by atoms with Crippen molar-refractivity contribution < 1.29 is 51.4 Å². The summed E-state index contributed by atoms with van der Waals surface area (Å²) in [6, 6.07) is 6.01. The lowest BCUT2D eigenvalue weighted by molar-refractivity contribution is -0.137. The van der Waals surface area contributed by atoms with Gasteiger partial charge in [0.25, 0.3) is 0 Å². The number of aromatic nitrogens is 3. The maximum Gasteiger partial charge on any atom is 0.416 e. The summed E-state index contributed by atoms with van der Waals surface area (Å²) in [6.45, 7) is 6.50. The van der Waals surface area contributed by atoms with E-state index in [2.05, 4.69) is 60.3 Å². The van der Waals surface area contributed by atoms with Crippen LogP contribution in [0.5, 0.6) is 0 Å². The highest BCUT2D eigenvalue weighted by molar-refractivity contribution is 5.93. The van der Waals surface area contributed by atoms with E-state index in [1.165, 1.54) is 12.4 Å². The Morgan fingerprint density at radius 2 is 1.65 bits per heavy atom. The molecule has 22 heteroatoms. The Kier molecular flexibility index (Phi) is 19.4. The number of carbonyl (C=O) groups excluding carboxylic acids is 5. The molecule has 2 aromatic heterocycles. The quantitative estimate of drug-likeness (QED) is 0.0770. The van der Waals surface area contributed by atoms with E-state index in [9.17, 15) is 37.1 Å². The Labute approximate surface area is 400 Å². The number of halogens is 3. The number of carbonyl (C=O) groups is 5. The van der Waals surface area contributed by atoms with Crippen molar-refractivity contribution in [3.05, 3.63) is 60.2 Å². The number of anilines is 1. The second-order valence-electron chi connectivity index (χ2n) is 18.0. The fourth-order valence-corrected chi connectivity index (χ4v) is 9.25. The van der Waals surface area contributed by atoms with Crippen molar-refractivity contribution in [1.82, 2.24) is 50.9 Å². The molecular formula is C47H66F3N11O8. The minimum Gasteiger partial charge on any atom is -0.380 e. The third kappa shape index (κ3) is 15.0. The number of nitrogens with one attached hydrogen (secondary N) is 5. The highest BCUT2D eigenvalue weighted by atomic mass is 19.4. The van der Waals surface area contributed by atoms with E-state index in [4.69, 9.17) is 14.2 Å². The fraction of sp³-hybridized carbons (Fsp3) is 0.617. The maximum absolute atomic E-state index is 13.9. The summed E-state index contributed by atoms with van der Waals surface area (Å²) in [6.07, 6.45) is 3.24. The normalized spacial score (nSPS) is 21.9. The van der Waals surface area contributed by atoms with E-state index in [1.54, 1.807) is 22.2 Å². The Bertz CT molecular complexity index is 2190. The van der Waals surface area contributed by atoms with E-state index >= 15 is 0 Å². The molecule has 2 saturated heterocycles. The molecule has 5 N–H and O–H groups in total. The molecular weight excluding hydrogens is 904 g/mol. The Morgan fingerprint density at radius 3 is 2.38 bits per heavy atom. The first-order chi connectivity index (χ1) is 33.1. The van der Waals surface area contributed by atoms with Gasteiger partial charge in [0.05, 0.1) is 55.6 Å². The van der Waals surface area contributed by atoms with Crippen molar-refractivity contribution >= 4 is 46.3 Å². The molecule has 0 radical (unpaired) electrons. The SMILES string of the molecule is CC(C)N(C)[C@@H]1CC[C@H](N2CC[C@H](Nc3ncnc4ccc(C(F)(F)F)cc34)C2=O)[C@H](NC(=O)COCCNC(=O)COCCNC(=O)CCOCCNC[C@H]2CC(=O)N(C)[C@@H]2c2cccnc2)C1. The van der Waals surface area contributed by atoms with Gasteiger partial charge in [0.15, 0.2) is 0 Å². The van der Waals surface area contributed by atoms with Gasteiger partial charge in [-0.25, -0.2) is 9.97 Å². The zero-order chi connectivity index (χ0) is 49.5. The number of hydrogen-bond acceptors (Lipinski definition) is 14. The molecule has 4 heterocycles. The molecule has 6 rings (SSSR count). The number of likely N-dealkylation sites (tertiary alicyclic amines) is 2. The first kappa shape index (κ1) is 52.8. The third-order valence-corrected chi connectivity index (χ3v) is 13.1. The predicted octanol–water partition coefficient (Wildman–Crippen LogP) is 2.28. The van der Waals surface area contributed by atoms with Crippen LogP contribution >= 0.6 is 0 Å². The van der Waals surface area contributed by atoms with Gasteiger partial charge in [-0.1, -0.05) is 6.07 Å². The van der Waals surface area contributed by atoms with Gasteiger partial charge in [-0.15, -0.1) is 0 Å². The summed E-state index contributed by atoms with van der Waals surface area (Å²) in [5.74, 6) is -0.827. The van der Waals surface area contributed by atoms with Crippen LogP contribution in [0.3, 0.4) is 0 Å². The molecule has 3 aromatic rings. The molecule has 19 nitrogen and oxygen atoms in total. The predicted molar refractivity (Wildman–Crippen MR) is 248 cm³/mol. The fourth-order valence-electron chi connectivity index (χ4n) is 9.25. The summed E-state index contributed by atoms with van der Waals surface area (Å²) in [7, 11) is 3.85. The van der Waals surface area contributed by atoms with Gasteiger partial charge in [0.1, 0.15) is 31.4 Å². The largest absolute Gasteiger partial charge is 0.416 e. The monoisotopic (exact) mass is 970 g/mol. The van der Waals surface area contributed by atoms with Crippen LogP contribution in [0.2, 0.25) is 0 Å². The number of alkyl halides is 3. The molecule has 3 fully saturated rings. The molecule has 1 saturated carbocycles. The molecule has 0 spiro atoms. The third-order valence-electron chi connectivity index (χ3n) is 13.1. The van der Waals surface area contributed by atoms with E-state index in [0.717, 1.165) is 24.1 Å². The Hall–Kier alpha value is -5.55. The van der Waals surface area contributed by atoms with Gasteiger partial charge in [0.2, 0.25) is 29.5 Å². The minimum atomic E-state index is -4.56. The standard InChI is InChI=1S/C47H66F3N11O8/c1-30(2)59(3)34-8-10-39(61-17-11-37(46(61)66)58-45-35-23-33(47(48,49)50)7-9-36(35)55-29-56-45)38(24-34)57-42(64)28-69-21-16-54-41(63)27-68-20-15-53-40(62)12-18-67-19-14-52-26-32-22-43(65)60(4)44(32)31-6-5-13-51-25-31/h5-7,9,13,23,25,29-30,32,34,37-39,44,52H,8,10-12,14-22,24,26-28H2,1-4H3,(H,53,62)(H,54,63)(H,57,64)(H,55,56,58)/t32-,34-,37+,38-,39+,44-/m1/s1. The smallest absolute Gasteiger partial charge is 0.380 e. The van der Waals surface area contributed by atoms with Crippen molar-refractivity contribution in [2.24, 2.45) is 5.92 Å². The van der Waals surface area contributed by atoms with Gasteiger partial charge >= 0.3 is 6.18 Å². The molecule has 2 aliphatic heterocycles. The highest BCUT2D eigenvalue weighted by Crippen LogP contribution is 2.37. The Balaban J connectivity index is 0.830. The van der Waals surface area contributed by atoms with Gasteiger partial charge < -0.3 is 55.5 Å². The lowest BCUT2D eigenvalue weighted by atomic mass is 9.84. The second kappa shape index (κ2) is 25.3. The molecule has 5 amide bonds. The summed E-state index contributed by atoms with van der Waals surface area (Å²) < 4.78 is 57.2. The van der Waals surface area contributed by atoms with Crippen molar-refractivity contribution in [2.45, 2.75) is 94.8 Å². The van der Waals surface area contributed by atoms with Gasteiger partial charge in [-0.3, -0.25) is 29.0 Å². The summed E-state index contributed by atoms with van der Waals surface area (Å²) >= 11 is 0. The van der Waals surface area contributed by atoms with E-state index in [-0.39, 0.29) is 123 Å². The van der Waals surface area contributed by atoms with Crippen LogP contribution in [0.1, 0.15) is 69.5 Å². The first-order valence-electron chi connectivity index (χ1n) is 23.6. The molecule has 0 unspecified atom stereocenters. The summed E-state index contributed by atoms with van der Waals surface area (Å²) in [5, 5.41) is 15.1. The number of pyridine rings is 1. The van der Waals surface area contributed by atoms with Crippen molar-refractivity contribution in [3.8, 4) is 0 Å². The number of benzene rings is 1. The van der Waals surface area contributed by atoms with Crippen molar-refractivity contribution in [2.75, 3.05) is 91.8 Å². The maximum atomic E-state index is 13.9. The molecule has 3 aliphatic rings. The molecule has 1 aliphatic carbocycles. The average Bonchev–Trinajstić information content (AvgIpc) is 3.83. The highest BCUT2D eigenvalue weighted by Gasteiger charge is 2.44. The number of rotatable bonds is 25. The topological polar surface area (TPSA) is 222 Å². The van der Waals surface area contributed by atoms with Crippen LogP contribution < -0.4 is 26.6 Å². The van der Waals surface area contributed by atoms with Crippen LogP contribution in [-0.2, 0) is 44.4 Å².